The Morgan fingerprint density at radius 2 is 1.68 bits per heavy atom. The van der Waals surface area contributed by atoms with Crippen molar-refractivity contribution in [1.82, 2.24) is 10.7 Å². The predicted octanol–water partition coefficient (Wildman–Crippen LogP) is 3.34. The van der Waals surface area contributed by atoms with Crippen molar-refractivity contribution >= 4 is 18.0 Å². The van der Waals surface area contributed by atoms with Crippen LogP contribution in [0.25, 0.3) is 0 Å². The number of nitrogens with one attached hydrogen (secondary N) is 2. The minimum absolute atomic E-state index is 0.289. The van der Waals surface area contributed by atoms with Gasteiger partial charge in [-0.25, -0.2) is 0 Å². The summed E-state index contributed by atoms with van der Waals surface area (Å²) in [7, 11) is 3.15. The Balaban J connectivity index is 1.72. The van der Waals surface area contributed by atoms with E-state index >= 15 is 0 Å². The normalized spacial score (nSPS) is 18.5. The summed E-state index contributed by atoms with van der Waals surface area (Å²) in [6.45, 7) is 3.93. The molecule has 1 aliphatic rings. The molecular weight excluding hydrogens is 430 g/mol. The van der Waals surface area contributed by atoms with Gasteiger partial charge in [0, 0.05) is 16.7 Å². The Morgan fingerprint density at radius 1 is 0.941 bits per heavy atom. The highest BCUT2D eigenvalue weighted by Crippen LogP contribution is 2.29. The largest absolute Gasteiger partial charge is 0.493 e. The lowest BCUT2D eigenvalue weighted by Crippen LogP contribution is -2.42. The van der Waals surface area contributed by atoms with Crippen LogP contribution in [0.1, 0.15) is 38.7 Å². The number of aryl methyl sites for hydroxylation is 2. The van der Waals surface area contributed by atoms with Crippen molar-refractivity contribution in [2.24, 2.45) is 0 Å². The van der Waals surface area contributed by atoms with E-state index < -0.39 is 12.1 Å². The number of hydrogen-bond acceptors (Lipinski definition) is 4. The fourth-order valence-corrected chi connectivity index (χ4v) is 4.05. The summed E-state index contributed by atoms with van der Waals surface area (Å²) in [4.78, 5) is 26.0. The minimum Gasteiger partial charge on any atom is -0.493 e. The Labute approximate surface area is 199 Å². The molecule has 1 aliphatic heterocycles. The highest BCUT2D eigenvalue weighted by atomic mass is 16.5. The fraction of sp³-hybridized carbons (Fsp3) is 0.222. The first-order valence-corrected chi connectivity index (χ1v) is 11.0. The second-order valence-corrected chi connectivity index (χ2v) is 8.30. The van der Waals surface area contributed by atoms with Crippen LogP contribution in [-0.4, -0.2) is 43.0 Å². The summed E-state index contributed by atoms with van der Waals surface area (Å²) >= 11 is 0. The first kappa shape index (κ1) is 23.0. The topological polar surface area (TPSA) is 79.7 Å². The number of carbonyl (C=O) groups excluding carboxylic acids is 2. The van der Waals surface area contributed by atoms with E-state index in [2.05, 4.69) is 10.7 Å². The number of amides is 2. The molecule has 2 N–H and O–H groups in total. The van der Waals surface area contributed by atoms with Gasteiger partial charge >= 0.3 is 5.91 Å². The van der Waals surface area contributed by atoms with Gasteiger partial charge in [0.05, 0.1) is 14.2 Å². The molecule has 3 aromatic carbocycles. The van der Waals surface area contributed by atoms with E-state index in [1.807, 2.05) is 68.6 Å². The predicted molar refractivity (Wildman–Crippen MR) is 129 cm³/mol. The molecule has 1 heterocycles. The molecule has 0 unspecified atom stereocenters. The van der Waals surface area contributed by atoms with E-state index in [0.29, 0.717) is 17.1 Å². The molecule has 2 amide bonds. The molecule has 0 radical (unpaired) electrons. The standard InChI is InChI=1S/C27H27N3O4/c1-17-8-11-20(12-9-17)25-24(28-26(31)21-7-5-6-18(2)14-21)27(32)29-30(25)16-19-10-13-22(33-3)23(15-19)34-4/h5-16,24-25H,1-4H3,(H-,28,29,31,32)/p+1/b30-16-/t24-,25+/m1/s1. The van der Waals surface area contributed by atoms with Crippen molar-refractivity contribution in [3.8, 4) is 11.5 Å². The third-order valence-corrected chi connectivity index (χ3v) is 5.82. The lowest BCUT2D eigenvalue weighted by Gasteiger charge is -2.15. The van der Waals surface area contributed by atoms with Crippen molar-refractivity contribution < 1.29 is 23.7 Å². The van der Waals surface area contributed by atoms with Crippen LogP contribution in [0.4, 0.5) is 0 Å². The van der Waals surface area contributed by atoms with Crippen LogP contribution in [-0.2, 0) is 4.79 Å². The fourth-order valence-electron chi connectivity index (χ4n) is 4.05. The lowest BCUT2D eigenvalue weighted by atomic mass is 9.98. The smallest absolute Gasteiger partial charge is 0.304 e. The molecular formula is C27H28N3O4+. The average Bonchev–Trinajstić information content (AvgIpc) is 3.13. The van der Waals surface area contributed by atoms with Gasteiger partial charge in [0.25, 0.3) is 5.91 Å². The number of carbonyl (C=O) groups is 2. The van der Waals surface area contributed by atoms with Crippen LogP contribution in [0.15, 0.2) is 66.7 Å². The summed E-state index contributed by atoms with van der Waals surface area (Å²) in [6, 6.07) is 19.5. The minimum atomic E-state index is -0.785. The van der Waals surface area contributed by atoms with Gasteiger partial charge in [0.1, 0.15) is 0 Å². The summed E-state index contributed by atoms with van der Waals surface area (Å²) in [5.74, 6) is 0.610. The van der Waals surface area contributed by atoms with Crippen LogP contribution < -0.4 is 20.2 Å². The molecule has 174 valence electrons. The maximum Gasteiger partial charge on any atom is 0.304 e. The maximum absolute atomic E-state index is 13.1. The van der Waals surface area contributed by atoms with Crippen molar-refractivity contribution in [1.29, 1.82) is 0 Å². The van der Waals surface area contributed by atoms with Gasteiger partial charge in [-0.1, -0.05) is 47.5 Å². The molecule has 3 aromatic rings. The average molecular weight is 459 g/mol. The van der Waals surface area contributed by atoms with Gasteiger partial charge in [-0.05, 0) is 44.2 Å². The van der Waals surface area contributed by atoms with Gasteiger partial charge < -0.3 is 14.8 Å². The highest BCUT2D eigenvalue weighted by Gasteiger charge is 2.47. The first-order valence-electron chi connectivity index (χ1n) is 11.0. The molecule has 1 fully saturated rings. The first-order chi connectivity index (χ1) is 16.4. The zero-order valence-corrected chi connectivity index (χ0v) is 19.7. The third-order valence-electron chi connectivity index (χ3n) is 5.82. The number of nitrogens with zero attached hydrogens (tertiary/aromatic N) is 1. The van der Waals surface area contributed by atoms with E-state index in [4.69, 9.17) is 9.47 Å². The van der Waals surface area contributed by atoms with Gasteiger partial charge in [-0.3, -0.25) is 9.59 Å². The van der Waals surface area contributed by atoms with Crippen LogP contribution in [0.3, 0.4) is 0 Å². The molecule has 4 rings (SSSR count). The van der Waals surface area contributed by atoms with Gasteiger partial charge in [0.2, 0.25) is 12.3 Å². The lowest BCUT2D eigenvalue weighted by molar-refractivity contribution is -0.596. The number of hydrazine groups is 1. The molecule has 0 spiro atoms. The Kier molecular flexibility index (Phi) is 6.63. The molecule has 7 nitrogen and oxygen atoms in total. The molecule has 0 bridgehead atoms. The maximum atomic E-state index is 13.1. The molecule has 2 atom stereocenters. The molecule has 7 heteroatoms. The Morgan fingerprint density at radius 3 is 2.35 bits per heavy atom. The van der Waals surface area contributed by atoms with Crippen LogP contribution in [0.5, 0.6) is 11.5 Å². The second-order valence-electron chi connectivity index (χ2n) is 8.30. The monoisotopic (exact) mass is 458 g/mol. The second kappa shape index (κ2) is 9.79. The summed E-state index contributed by atoms with van der Waals surface area (Å²) < 4.78 is 12.5. The Bertz CT molecular complexity index is 1250. The van der Waals surface area contributed by atoms with E-state index in [1.54, 1.807) is 37.1 Å². The zero-order valence-electron chi connectivity index (χ0n) is 19.7. The number of hydrogen-bond donors (Lipinski definition) is 2. The van der Waals surface area contributed by atoms with Crippen LogP contribution in [0, 0.1) is 13.8 Å². The number of rotatable bonds is 6. The molecule has 1 saturated heterocycles. The van der Waals surface area contributed by atoms with Crippen molar-refractivity contribution in [3.63, 3.8) is 0 Å². The van der Waals surface area contributed by atoms with Crippen molar-refractivity contribution in [2.45, 2.75) is 25.9 Å². The quantitative estimate of drug-likeness (QED) is 0.556. The van der Waals surface area contributed by atoms with E-state index in [-0.39, 0.29) is 11.8 Å². The summed E-state index contributed by atoms with van der Waals surface area (Å²) in [5, 5.41) is 2.93. The number of ether oxygens (including phenoxy) is 2. The molecule has 34 heavy (non-hydrogen) atoms. The van der Waals surface area contributed by atoms with Gasteiger partial charge in [-0.2, -0.15) is 0 Å². The SMILES string of the molecule is COc1ccc(/C=[N+]2\NC(=O)[C@H](NC(=O)c3cccc(C)c3)[C@@H]2c2ccc(C)cc2)cc1OC. The molecule has 0 aliphatic carbocycles. The van der Waals surface area contributed by atoms with Crippen LogP contribution in [0.2, 0.25) is 0 Å². The summed E-state index contributed by atoms with van der Waals surface area (Å²) in [6.07, 6.45) is 1.82. The number of benzene rings is 3. The van der Waals surface area contributed by atoms with E-state index in [1.165, 1.54) is 0 Å². The van der Waals surface area contributed by atoms with E-state index in [9.17, 15) is 9.59 Å². The van der Waals surface area contributed by atoms with E-state index in [0.717, 1.165) is 22.3 Å². The van der Waals surface area contributed by atoms with Crippen LogP contribution >= 0.6 is 0 Å². The number of methoxy groups -OCH3 is 2. The van der Waals surface area contributed by atoms with Crippen molar-refractivity contribution in [3.05, 3.63) is 94.5 Å². The Hall–Kier alpha value is -4.13. The highest BCUT2D eigenvalue weighted by molar-refractivity contribution is 5.98. The number of hydrazone groups is 1. The van der Waals surface area contributed by atoms with Gasteiger partial charge in [0.15, 0.2) is 17.5 Å². The van der Waals surface area contributed by atoms with Crippen molar-refractivity contribution in [2.75, 3.05) is 14.2 Å². The zero-order chi connectivity index (χ0) is 24.2. The third kappa shape index (κ3) is 4.78. The molecule has 0 aromatic heterocycles. The van der Waals surface area contributed by atoms with Gasteiger partial charge in [-0.15, -0.1) is 10.1 Å². The summed E-state index contributed by atoms with van der Waals surface area (Å²) in [5.41, 5.74) is 7.20. The molecule has 0 saturated carbocycles.